The summed E-state index contributed by atoms with van der Waals surface area (Å²) in [5.74, 6) is 0. The second-order valence-corrected chi connectivity index (χ2v) is 9.51. The molecule has 0 saturated heterocycles. The molecule has 0 heterocycles. The molecule has 0 spiro atoms. The lowest BCUT2D eigenvalue weighted by molar-refractivity contribution is 0.595. The topological polar surface area (TPSA) is 6.48 Å². The fourth-order valence-electron chi connectivity index (χ4n) is 4.94. The summed E-state index contributed by atoms with van der Waals surface area (Å²) >= 11 is 0. The minimum atomic E-state index is 1.19. The molecule has 5 rings (SSSR count). The molecule has 0 fully saturated rings. The smallest absolute Gasteiger partial charge is 0.0453 e. The minimum absolute atomic E-state index is 1.19. The van der Waals surface area contributed by atoms with Crippen LogP contribution in [0, 0.1) is 0 Å². The van der Waals surface area contributed by atoms with Crippen LogP contribution in [-0.4, -0.2) is 38.0 Å². The second kappa shape index (κ2) is 10.1. The van der Waals surface area contributed by atoms with Crippen LogP contribution in [0.1, 0.15) is 22.3 Å². The molecule has 0 N–H and O–H groups in total. The summed E-state index contributed by atoms with van der Waals surface area (Å²) in [5, 5.41) is 5.01. The van der Waals surface area contributed by atoms with E-state index in [1.165, 1.54) is 55.2 Å². The first-order valence-electron chi connectivity index (χ1n) is 12.4. The Labute approximate surface area is 214 Å². The third kappa shape index (κ3) is 4.50. The van der Waals surface area contributed by atoms with Gasteiger partial charge in [-0.3, -0.25) is 0 Å². The molecular formula is C34H32N2. The quantitative estimate of drug-likeness (QED) is 0.183. The largest absolute Gasteiger partial charge is 0.377 e. The standard InChI is InChI=1S/C34H32N2/c1-35(2)31(23-25-15-7-5-8-16-25)33-27-19-11-13-21-29(27)34(30-22-14-12-20-28(30)33)32(36(3)4)24-26-17-9-6-10-18-26/h5-24H,1-4H3. The van der Waals surface area contributed by atoms with E-state index in [2.05, 4.69) is 159 Å². The molecule has 0 amide bonds. The van der Waals surface area contributed by atoms with Gasteiger partial charge in [-0.05, 0) is 44.8 Å². The number of hydrogen-bond acceptors (Lipinski definition) is 2. The van der Waals surface area contributed by atoms with E-state index in [4.69, 9.17) is 0 Å². The molecule has 0 aliphatic carbocycles. The van der Waals surface area contributed by atoms with Gasteiger partial charge in [0.25, 0.3) is 0 Å². The lowest BCUT2D eigenvalue weighted by atomic mass is 9.87. The Bertz CT molecular complexity index is 1380. The van der Waals surface area contributed by atoms with Crippen LogP contribution >= 0.6 is 0 Å². The number of benzene rings is 5. The fraction of sp³-hybridized carbons (Fsp3) is 0.118. The first kappa shape index (κ1) is 23.4. The van der Waals surface area contributed by atoms with Gasteiger partial charge < -0.3 is 9.80 Å². The zero-order chi connectivity index (χ0) is 25.1. The Morgan fingerprint density at radius 3 is 0.972 bits per heavy atom. The van der Waals surface area contributed by atoms with Crippen molar-refractivity contribution in [3.05, 3.63) is 131 Å². The highest BCUT2D eigenvalue weighted by molar-refractivity contribution is 6.17. The van der Waals surface area contributed by atoms with Crippen molar-refractivity contribution in [3.8, 4) is 0 Å². The van der Waals surface area contributed by atoms with Crippen LogP contribution < -0.4 is 0 Å². The van der Waals surface area contributed by atoms with E-state index in [0.717, 1.165) is 0 Å². The Kier molecular flexibility index (Phi) is 6.60. The van der Waals surface area contributed by atoms with Crippen LogP contribution in [-0.2, 0) is 0 Å². The van der Waals surface area contributed by atoms with Gasteiger partial charge in [0, 0.05) is 50.7 Å². The van der Waals surface area contributed by atoms with Crippen molar-refractivity contribution in [1.29, 1.82) is 0 Å². The van der Waals surface area contributed by atoms with Crippen molar-refractivity contribution in [1.82, 2.24) is 9.80 Å². The summed E-state index contributed by atoms with van der Waals surface area (Å²) in [6.45, 7) is 0. The Hall–Kier alpha value is -4.30. The molecule has 36 heavy (non-hydrogen) atoms. The van der Waals surface area contributed by atoms with E-state index in [9.17, 15) is 0 Å². The first-order chi connectivity index (χ1) is 17.5. The fourth-order valence-corrected chi connectivity index (χ4v) is 4.94. The third-order valence-electron chi connectivity index (χ3n) is 6.61. The van der Waals surface area contributed by atoms with Crippen LogP contribution in [0.25, 0.3) is 45.1 Å². The van der Waals surface area contributed by atoms with Gasteiger partial charge in [-0.25, -0.2) is 0 Å². The third-order valence-corrected chi connectivity index (χ3v) is 6.61. The van der Waals surface area contributed by atoms with Gasteiger partial charge in [-0.15, -0.1) is 0 Å². The summed E-state index contributed by atoms with van der Waals surface area (Å²) in [5.41, 5.74) is 7.29. The van der Waals surface area contributed by atoms with Crippen LogP contribution in [0.5, 0.6) is 0 Å². The lowest BCUT2D eigenvalue weighted by Crippen LogP contribution is -2.13. The molecule has 2 nitrogen and oxygen atoms in total. The molecule has 0 aromatic heterocycles. The Balaban J connectivity index is 1.90. The van der Waals surface area contributed by atoms with Gasteiger partial charge >= 0.3 is 0 Å². The van der Waals surface area contributed by atoms with Gasteiger partial charge in [0.05, 0.1) is 0 Å². The number of hydrogen-bond donors (Lipinski definition) is 0. The molecule has 5 aromatic rings. The highest BCUT2D eigenvalue weighted by atomic mass is 15.1. The molecule has 5 aromatic carbocycles. The van der Waals surface area contributed by atoms with E-state index in [-0.39, 0.29) is 0 Å². The average Bonchev–Trinajstić information content (AvgIpc) is 2.90. The van der Waals surface area contributed by atoms with Gasteiger partial charge in [-0.1, -0.05) is 109 Å². The van der Waals surface area contributed by atoms with Crippen LogP contribution in [0.4, 0.5) is 0 Å². The SMILES string of the molecule is CN(C)C(=Cc1ccccc1)c1c2ccccc2c(C(=Cc2ccccc2)N(C)C)c2ccccc12. The first-order valence-corrected chi connectivity index (χ1v) is 12.4. The lowest BCUT2D eigenvalue weighted by Gasteiger charge is -2.26. The van der Waals surface area contributed by atoms with E-state index in [0.29, 0.717) is 0 Å². The number of nitrogens with zero attached hydrogens (tertiary/aromatic N) is 2. The van der Waals surface area contributed by atoms with Crippen molar-refractivity contribution in [2.75, 3.05) is 28.2 Å². The molecule has 0 unspecified atom stereocenters. The molecule has 0 aliphatic heterocycles. The number of fused-ring (bicyclic) bond motifs is 2. The predicted molar refractivity (Wildman–Crippen MR) is 157 cm³/mol. The van der Waals surface area contributed by atoms with Crippen molar-refractivity contribution in [2.24, 2.45) is 0 Å². The maximum absolute atomic E-state index is 2.29. The average molecular weight is 469 g/mol. The molecule has 0 aliphatic rings. The van der Waals surface area contributed by atoms with Crippen LogP contribution in [0.3, 0.4) is 0 Å². The van der Waals surface area contributed by atoms with Gasteiger partial charge in [0.1, 0.15) is 0 Å². The molecule has 0 radical (unpaired) electrons. The summed E-state index contributed by atoms with van der Waals surface area (Å²) in [7, 11) is 8.53. The Morgan fingerprint density at radius 2 is 0.694 bits per heavy atom. The normalized spacial score (nSPS) is 12.2. The van der Waals surface area contributed by atoms with Crippen molar-refractivity contribution in [3.63, 3.8) is 0 Å². The summed E-state index contributed by atoms with van der Waals surface area (Å²) < 4.78 is 0. The van der Waals surface area contributed by atoms with Crippen LogP contribution in [0.2, 0.25) is 0 Å². The highest BCUT2D eigenvalue weighted by Crippen LogP contribution is 2.41. The monoisotopic (exact) mass is 468 g/mol. The summed E-state index contributed by atoms with van der Waals surface area (Å²) in [6, 6.07) is 38.8. The molecule has 0 bridgehead atoms. The predicted octanol–water partition coefficient (Wildman–Crippen LogP) is 8.11. The zero-order valence-electron chi connectivity index (χ0n) is 21.4. The van der Waals surface area contributed by atoms with Crippen molar-refractivity contribution >= 4 is 45.1 Å². The molecule has 0 saturated carbocycles. The van der Waals surface area contributed by atoms with E-state index in [1.54, 1.807) is 0 Å². The highest BCUT2D eigenvalue weighted by Gasteiger charge is 2.20. The van der Waals surface area contributed by atoms with E-state index in [1.807, 2.05) is 0 Å². The maximum atomic E-state index is 2.29. The molecule has 2 heteroatoms. The second-order valence-electron chi connectivity index (χ2n) is 9.51. The minimum Gasteiger partial charge on any atom is -0.377 e. The molecular weight excluding hydrogens is 436 g/mol. The van der Waals surface area contributed by atoms with Crippen LogP contribution in [0.15, 0.2) is 109 Å². The Morgan fingerprint density at radius 1 is 0.417 bits per heavy atom. The number of rotatable bonds is 6. The van der Waals surface area contributed by atoms with E-state index >= 15 is 0 Å². The molecule has 0 atom stereocenters. The summed E-state index contributed by atoms with van der Waals surface area (Å²) in [4.78, 5) is 4.46. The van der Waals surface area contributed by atoms with Gasteiger partial charge in [-0.2, -0.15) is 0 Å². The van der Waals surface area contributed by atoms with Crippen molar-refractivity contribution < 1.29 is 0 Å². The van der Waals surface area contributed by atoms with Gasteiger partial charge in [0.2, 0.25) is 0 Å². The summed E-state index contributed by atoms with van der Waals surface area (Å²) in [6.07, 6.45) is 4.58. The zero-order valence-corrected chi connectivity index (χ0v) is 21.4. The maximum Gasteiger partial charge on any atom is 0.0453 e. The van der Waals surface area contributed by atoms with Gasteiger partial charge in [0.15, 0.2) is 0 Å². The van der Waals surface area contributed by atoms with E-state index < -0.39 is 0 Å². The molecule has 178 valence electrons. The van der Waals surface area contributed by atoms with Crippen molar-refractivity contribution in [2.45, 2.75) is 0 Å².